The Balaban J connectivity index is 1.14. The van der Waals surface area contributed by atoms with Gasteiger partial charge < -0.3 is 29.9 Å². The first kappa shape index (κ1) is 35.4. The lowest BCUT2D eigenvalue weighted by Gasteiger charge is -2.48. The van der Waals surface area contributed by atoms with Crippen LogP contribution in [0.4, 0.5) is 5.13 Å². The minimum atomic E-state index is -1.77. The number of pyridine rings is 1. The van der Waals surface area contributed by atoms with Crippen LogP contribution >= 0.6 is 11.3 Å². The number of carboxylic acids is 1. The van der Waals surface area contributed by atoms with Gasteiger partial charge in [0.1, 0.15) is 42.1 Å². The van der Waals surface area contributed by atoms with Crippen LogP contribution in [0.2, 0.25) is 0 Å². The van der Waals surface area contributed by atoms with Crippen LogP contribution in [0.3, 0.4) is 0 Å². The largest absolute Gasteiger partial charge is 0.614 e. The van der Waals surface area contributed by atoms with Crippen LogP contribution in [-0.4, -0.2) is 78.9 Å². The number of nitrogens with zero attached hydrogens (tertiary/aromatic N) is 4. The van der Waals surface area contributed by atoms with Crippen molar-refractivity contribution in [2.75, 3.05) is 24.8 Å². The van der Waals surface area contributed by atoms with Gasteiger partial charge in [0, 0.05) is 17.2 Å². The van der Waals surface area contributed by atoms with Gasteiger partial charge in [-0.1, -0.05) is 96.2 Å². The molecule has 1 unspecified atom stereocenters. The van der Waals surface area contributed by atoms with Gasteiger partial charge in [-0.3, -0.25) is 19.5 Å². The molecule has 0 saturated carbocycles. The number of amides is 2. The van der Waals surface area contributed by atoms with Gasteiger partial charge in [0.05, 0.1) is 6.20 Å². The second-order valence-electron chi connectivity index (χ2n) is 11.9. The topological polar surface area (TPSA) is 178 Å². The van der Waals surface area contributed by atoms with Gasteiger partial charge >= 0.3 is 5.97 Å². The highest BCUT2D eigenvalue weighted by atomic mass is 32.2. The van der Waals surface area contributed by atoms with Crippen LogP contribution in [0.25, 0.3) is 0 Å². The Labute approximate surface area is 311 Å². The summed E-state index contributed by atoms with van der Waals surface area (Å²) in [6, 6.07) is 31.8. The van der Waals surface area contributed by atoms with E-state index in [1.165, 1.54) is 24.6 Å². The average Bonchev–Trinajstić information content (AvgIpc) is 3.66. The molecule has 1 fully saturated rings. The zero-order valence-electron chi connectivity index (χ0n) is 28.1. The van der Waals surface area contributed by atoms with E-state index >= 15 is 0 Å². The first-order chi connectivity index (χ1) is 25.8. The molecule has 4 heterocycles. The molecule has 13 nitrogen and oxygen atoms in total. The Hall–Kier alpha value is -6.03. The average molecular weight is 749 g/mol. The van der Waals surface area contributed by atoms with Crippen LogP contribution in [0, 0.1) is 0 Å². The van der Waals surface area contributed by atoms with Crippen LogP contribution in [0.1, 0.15) is 22.4 Å². The van der Waals surface area contributed by atoms with Crippen LogP contribution < -0.4 is 15.4 Å². The number of nitrogens with one attached hydrogen (secondary N) is 2. The summed E-state index contributed by atoms with van der Waals surface area (Å²) in [6.07, 6.45) is 3.01. The monoisotopic (exact) mass is 748 g/mol. The number of rotatable bonds is 13. The molecule has 3 N–H and O–H groups in total. The summed E-state index contributed by atoms with van der Waals surface area (Å²) >= 11 is -0.518. The minimum absolute atomic E-state index is 0.161. The van der Waals surface area contributed by atoms with Gasteiger partial charge in [-0.2, -0.15) is 0 Å². The molecule has 2 aliphatic heterocycles. The normalized spacial score (nSPS) is 18.5. The van der Waals surface area contributed by atoms with Crippen molar-refractivity contribution in [3.8, 4) is 5.75 Å². The van der Waals surface area contributed by atoms with Crippen molar-refractivity contribution in [2.24, 2.45) is 5.16 Å². The fraction of sp³-hybridized carbons (Fsp3) is 0.158. The molecule has 2 aromatic heterocycles. The number of oxime groups is 1. The third-order valence-corrected chi connectivity index (χ3v) is 11.2. The first-order valence-corrected chi connectivity index (χ1v) is 18.6. The Bertz CT molecular complexity index is 2070. The number of fused-ring (bicyclic) bond motifs is 1. The van der Waals surface area contributed by atoms with E-state index in [1.54, 1.807) is 23.7 Å². The van der Waals surface area contributed by atoms with Crippen LogP contribution in [0.5, 0.6) is 5.75 Å². The van der Waals surface area contributed by atoms with E-state index in [2.05, 4.69) is 20.8 Å². The lowest BCUT2D eigenvalue weighted by Crippen LogP contribution is -2.75. The smallest absolute Gasteiger partial charge is 0.353 e. The predicted octanol–water partition coefficient (Wildman–Crippen LogP) is 4.13. The van der Waals surface area contributed by atoms with Crippen molar-refractivity contribution in [3.05, 3.63) is 155 Å². The minimum Gasteiger partial charge on any atom is -0.614 e. The van der Waals surface area contributed by atoms with Gasteiger partial charge in [-0.05, 0) is 40.0 Å². The van der Waals surface area contributed by atoms with Gasteiger partial charge in [-0.15, -0.1) is 11.3 Å². The number of aliphatic carboxylic acids is 1. The maximum atomic E-state index is 13.8. The van der Waals surface area contributed by atoms with Gasteiger partial charge in [-0.25, -0.2) is 9.78 Å². The molecule has 3 atom stereocenters. The predicted molar refractivity (Wildman–Crippen MR) is 198 cm³/mol. The Morgan fingerprint density at radius 2 is 1.62 bits per heavy atom. The van der Waals surface area contributed by atoms with Crippen molar-refractivity contribution in [3.63, 3.8) is 0 Å². The number of hydrogen-bond acceptors (Lipinski definition) is 11. The number of carboxylic acid groups (broad SMARTS) is 1. The molecule has 268 valence electrons. The summed E-state index contributed by atoms with van der Waals surface area (Å²) in [4.78, 5) is 54.2. The van der Waals surface area contributed by atoms with Crippen molar-refractivity contribution >= 4 is 51.1 Å². The number of β-lactam (4-membered cyclic amide) rings is 1. The molecule has 3 aromatic carbocycles. The molecule has 2 amide bonds. The van der Waals surface area contributed by atoms with Gasteiger partial charge in [0.25, 0.3) is 11.8 Å². The Kier molecular flexibility index (Phi) is 10.2. The summed E-state index contributed by atoms with van der Waals surface area (Å²) in [5, 5.41) is 21.2. The van der Waals surface area contributed by atoms with Gasteiger partial charge in [0.2, 0.25) is 5.37 Å². The van der Waals surface area contributed by atoms with E-state index in [4.69, 9.17) is 14.6 Å². The molecule has 15 heteroatoms. The number of hydrogen-bond donors (Lipinski definition) is 3. The second-order valence-corrected chi connectivity index (χ2v) is 14.3. The van der Waals surface area contributed by atoms with E-state index in [9.17, 15) is 24.0 Å². The van der Waals surface area contributed by atoms with Crippen molar-refractivity contribution in [2.45, 2.75) is 17.0 Å². The number of aromatic nitrogens is 2. The summed E-state index contributed by atoms with van der Waals surface area (Å²) in [5.41, 5.74) is 1.75. The van der Waals surface area contributed by atoms with Crippen molar-refractivity contribution in [1.29, 1.82) is 0 Å². The summed E-state index contributed by atoms with van der Waals surface area (Å²) in [7, 11) is 1.27. The molecule has 5 aromatic rings. The van der Waals surface area contributed by atoms with E-state index in [0.717, 1.165) is 21.6 Å². The summed E-state index contributed by atoms with van der Waals surface area (Å²) < 4.78 is 19.1. The highest BCUT2D eigenvalue weighted by molar-refractivity contribution is 7.92. The van der Waals surface area contributed by atoms with E-state index < -0.39 is 45.9 Å². The Morgan fingerprint density at radius 3 is 2.17 bits per heavy atom. The number of ether oxygens (including phenoxy) is 1. The Morgan fingerprint density at radius 1 is 1.00 bits per heavy atom. The standard InChI is InChI=1S/C38H32N6O7S2/c1-50-43-30(33(45)41-31-34(46)44-32(36(47)48)24(23-53(49)35(31)44)21-51-28-18-11-19-39-20-28)29-22-52-37(40-29)42-38(25-12-5-2-6-13-25,26-14-7-3-8-15-26)27-16-9-4-10-17-27/h2-20,22,31,35H,21,23H2,1H3,(H,40,42)(H,41,45)(H,47,48)/b43-30-/t31-,35-,53?/m1/s1. The molecule has 2 aliphatic rings. The highest BCUT2D eigenvalue weighted by Gasteiger charge is 2.61. The van der Waals surface area contributed by atoms with Crippen LogP contribution in [-0.2, 0) is 35.9 Å². The number of thiazole rings is 1. The van der Waals surface area contributed by atoms with E-state index in [0.29, 0.717) is 10.9 Å². The first-order valence-electron chi connectivity index (χ1n) is 16.3. The number of carbonyl (C=O) groups excluding carboxylic acids is 2. The van der Waals surface area contributed by atoms with Crippen LogP contribution in [0.15, 0.2) is 137 Å². The maximum Gasteiger partial charge on any atom is 0.353 e. The zero-order valence-corrected chi connectivity index (χ0v) is 29.8. The van der Waals surface area contributed by atoms with Crippen molar-refractivity contribution < 1.29 is 33.6 Å². The molecule has 1 saturated heterocycles. The zero-order chi connectivity index (χ0) is 37.0. The second kappa shape index (κ2) is 15.3. The molecule has 0 bridgehead atoms. The lowest BCUT2D eigenvalue weighted by molar-refractivity contribution is -0.150. The molecule has 0 spiro atoms. The number of carbonyl (C=O) groups is 3. The summed E-state index contributed by atoms with van der Waals surface area (Å²) in [6.45, 7) is -0.211. The molecule has 53 heavy (non-hydrogen) atoms. The van der Waals surface area contributed by atoms with E-state index in [-0.39, 0.29) is 35.0 Å². The SMILES string of the molecule is CO/N=C(\C(=O)N[C@@H]1C(=O)N2C(C(=O)O)=C(COc3cccnc3)C[S+]([O-])[C@H]12)c1csc(NC(c2ccccc2)(c2ccccc2)c2ccccc2)n1. The number of benzene rings is 3. The molecular weight excluding hydrogens is 717 g/mol. The fourth-order valence-corrected chi connectivity index (χ4v) is 8.87. The van der Waals surface area contributed by atoms with Gasteiger partial charge in [0.15, 0.2) is 16.9 Å². The molecule has 0 aliphatic carbocycles. The number of anilines is 1. The fourth-order valence-electron chi connectivity index (χ4n) is 6.45. The maximum absolute atomic E-state index is 13.8. The van der Waals surface area contributed by atoms with E-state index in [1.807, 2.05) is 91.0 Å². The molecular formula is C38H32N6O7S2. The lowest BCUT2D eigenvalue weighted by atomic mass is 9.77. The quantitative estimate of drug-likeness (QED) is 0.0522. The van der Waals surface area contributed by atoms with Crippen molar-refractivity contribution in [1.82, 2.24) is 20.2 Å². The molecule has 0 radical (unpaired) electrons. The summed E-state index contributed by atoms with van der Waals surface area (Å²) in [5.74, 6) is -2.71. The molecule has 7 rings (SSSR count). The highest BCUT2D eigenvalue weighted by Crippen LogP contribution is 2.41. The third kappa shape index (κ3) is 6.84. The third-order valence-electron chi connectivity index (χ3n) is 8.80.